The van der Waals surface area contributed by atoms with Gasteiger partial charge in [-0.3, -0.25) is 19.8 Å². The maximum atomic E-state index is 13.4. The molecule has 2 N–H and O–H groups in total. The van der Waals surface area contributed by atoms with Gasteiger partial charge in [-0.15, -0.1) is 11.8 Å². The van der Waals surface area contributed by atoms with Crippen molar-refractivity contribution in [3.63, 3.8) is 0 Å². The van der Waals surface area contributed by atoms with Crippen molar-refractivity contribution in [1.82, 2.24) is 14.5 Å². The van der Waals surface area contributed by atoms with Gasteiger partial charge in [0.25, 0.3) is 21.6 Å². The van der Waals surface area contributed by atoms with Gasteiger partial charge in [0.15, 0.2) is 0 Å². The quantitative estimate of drug-likeness (QED) is 0.0577. The Morgan fingerprint density at radius 2 is 1.57 bits per heavy atom. The van der Waals surface area contributed by atoms with Gasteiger partial charge in [0.05, 0.1) is 9.82 Å². The molecule has 11 nitrogen and oxygen atoms in total. The standard InChI is InChI=1S/C42H45ClN6O5S2/c1-46(2)23-22-33(30-55-35-12-7-4-8-13-35)44-40-21-20-36(28-41(40)49(51)52)56(53,54)45-42(50)32-16-18-34(19-17-32)48-26-24-47(25-27-48)29-38-37(14-9-15-39(38)43)31-10-5-3-6-11-31/h3-21,28,33,44H,22-27,29-30H2,1-2H3,(H,45,50)/t33-/m1/s1. The number of carbonyl (C=O) groups excluding carboxylic acids is 1. The molecule has 0 aliphatic carbocycles. The minimum absolute atomic E-state index is 0.142. The molecule has 0 unspecified atom stereocenters. The number of nitrogens with zero attached hydrogens (tertiary/aromatic N) is 4. The van der Waals surface area contributed by atoms with E-state index in [-0.39, 0.29) is 22.2 Å². The first-order chi connectivity index (χ1) is 27.0. The van der Waals surface area contributed by atoms with Gasteiger partial charge in [-0.1, -0.05) is 72.3 Å². The van der Waals surface area contributed by atoms with E-state index in [1.54, 1.807) is 36.0 Å². The number of piperazine rings is 1. The molecule has 5 aromatic rings. The third kappa shape index (κ3) is 10.7. The zero-order valence-electron chi connectivity index (χ0n) is 31.3. The predicted molar refractivity (Wildman–Crippen MR) is 226 cm³/mol. The van der Waals surface area contributed by atoms with Crippen LogP contribution in [0.1, 0.15) is 22.3 Å². The van der Waals surface area contributed by atoms with Crippen LogP contribution >= 0.6 is 23.4 Å². The highest BCUT2D eigenvalue weighted by Crippen LogP contribution is 2.32. The molecular formula is C42H45ClN6O5S2. The van der Waals surface area contributed by atoms with Crippen molar-refractivity contribution in [2.75, 3.05) is 62.8 Å². The molecule has 0 spiro atoms. The fraction of sp³-hybridized carbons (Fsp3) is 0.262. The van der Waals surface area contributed by atoms with Crippen molar-refractivity contribution in [1.29, 1.82) is 0 Å². The first-order valence-electron chi connectivity index (χ1n) is 18.3. The van der Waals surface area contributed by atoms with Gasteiger partial charge in [0.1, 0.15) is 5.69 Å². The van der Waals surface area contributed by atoms with E-state index in [1.165, 1.54) is 12.1 Å². The van der Waals surface area contributed by atoms with Gasteiger partial charge in [-0.2, -0.15) is 0 Å². The first kappa shape index (κ1) is 40.7. The topological polar surface area (TPSA) is 128 Å². The van der Waals surface area contributed by atoms with Crippen LogP contribution in [0.25, 0.3) is 11.1 Å². The summed E-state index contributed by atoms with van der Waals surface area (Å²) in [4.78, 5) is 32.1. The highest BCUT2D eigenvalue weighted by Gasteiger charge is 2.26. The van der Waals surface area contributed by atoms with E-state index in [1.807, 2.05) is 79.7 Å². The summed E-state index contributed by atoms with van der Waals surface area (Å²) in [5, 5.41) is 16.2. The third-order valence-electron chi connectivity index (χ3n) is 9.63. The third-order valence-corrected chi connectivity index (χ3v) is 12.5. The van der Waals surface area contributed by atoms with Crippen molar-refractivity contribution >= 4 is 56.4 Å². The SMILES string of the molecule is CN(C)CC[C@H](CSc1ccccc1)Nc1ccc(S(=O)(=O)NC(=O)c2ccc(N3CCN(Cc4c(Cl)cccc4-c4ccccc4)CC3)cc2)cc1[N+](=O)[O-]. The fourth-order valence-electron chi connectivity index (χ4n) is 6.56. The Kier molecular flexibility index (Phi) is 13.7. The predicted octanol–water partition coefficient (Wildman–Crippen LogP) is 7.88. The molecule has 0 saturated carbocycles. The number of benzene rings is 5. The van der Waals surface area contributed by atoms with Gasteiger partial charge in [-0.25, -0.2) is 13.1 Å². The molecule has 1 atom stereocenters. The monoisotopic (exact) mass is 812 g/mol. The van der Waals surface area contributed by atoms with Crippen molar-refractivity contribution < 1.29 is 18.1 Å². The average Bonchev–Trinajstić information content (AvgIpc) is 3.20. The number of hydrogen-bond donors (Lipinski definition) is 2. The van der Waals surface area contributed by atoms with E-state index in [4.69, 9.17) is 11.6 Å². The summed E-state index contributed by atoms with van der Waals surface area (Å²) in [7, 11) is -0.515. The summed E-state index contributed by atoms with van der Waals surface area (Å²) in [6.45, 7) is 4.61. The van der Waals surface area contributed by atoms with Crippen LogP contribution in [-0.4, -0.2) is 87.7 Å². The van der Waals surface area contributed by atoms with Gasteiger partial charge < -0.3 is 15.1 Å². The lowest BCUT2D eigenvalue weighted by molar-refractivity contribution is -0.384. The van der Waals surface area contributed by atoms with E-state index in [9.17, 15) is 23.3 Å². The minimum Gasteiger partial charge on any atom is -0.376 e. The lowest BCUT2D eigenvalue weighted by Gasteiger charge is -2.36. The Balaban J connectivity index is 1.07. The van der Waals surface area contributed by atoms with Gasteiger partial charge in [0, 0.05) is 71.8 Å². The van der Waals surface area contributed by atoms with Crippen LogP contribution in [0.15, 0.2) is 131 Å². The molecule has 1 heterocycles. The summed E-state index contributed by atoms with van der Waals surface area (Å²) < 4.78 is 28.8. The zero-order chi connectivity index (χ0) is 39.7. The van der Waals surface area contributed by atoms with Gasteiger partial charge in [0.2, 0.25) is 0 Å². The van der Waals surface area contributed by atoms with Gasteiger partial charge >= 0.3 is 0 Å². The molecule has 6 rings (SSSR count). The van der Waals surface area contributed by atoms with Crippen LogP contribution in [-0.2, 0) is 16.6 Å². The maximum Gasteiger partial charge on any atom is 0.293 e. The summed E-state index contributed by atoms with van der Waals surface area (Å²) in [6, 6.07) is 36.4. The van der Waals surface area contributed by atoms with Crippen molar-refractivity contribution in [2.24, 2.45) is 0 Å². The molecule has 1 amide bonds. The van der Waals surface area contributed by atoms with Crippen molar-refractivity contribution in [3.05, 3.63) is 148 Å². The highest BCUT2D eigenvalue weighted by molar-refractivity contribution is 7.99. The number of nitrogens with one attached hydrogen (secondary N) is 2. The van der Waals surface area contributed by atoms with E-state index in [0.29, 0.717) is 12.2 Å². The Morgan fingerprint density at radius 1 is 0.893 bits per heavy atom. The number of hydrogen-bond acceptors (Lipinski definition) is 10. The molecule has 292 valence electrons. The summed E-state index contributed by atoms with van der Waals surface area (Å²) in [6.07, 6.45) is 0.703. The second-order valence-electron chi connectivity index (χ2n) is 13.9. The lowest BCUT2D eigenvalue weighted by atomic mass is 9.99. The molecule has 0 aromatic heterocycles. The number of thioether (sulfide) groups is 1. The molecule has 1 aliphatic rings. The number of carbonyl (C=O) groups is 1. The molecule has 1 aliphatic heterocycles. The highest BCUT2D eigenvalue weighted by atomic mass is 35.5. The fourth-order valence-corrected chi connectivity index (χ4v) is 8.78. The van der Waals surface area contributed by atoms with Crippen LogP contribution in [0.5, 0.6) is 0 Å². The van der Waals surface area contributed by atoms with Crippen LogP contribution < -0.4 is 14.9 Å². The lowest BCUT2D eigenvalue weighted by Crippen LogP contribution is -2.46. The van der Waals surface area contributed by atoms with E-state index in [0.717, 1.165) is 77.6 Å². The number of anilines is 2. The van der Waals surface area contributed by atoms with E-state index < -0.39 is 26.5 Å². The van der Waals surface area contributed by atoms with Crippen molar-refractivity contribution in [2.45, 2.75) is 28.8 Å². The molecule has 0 bridgehead atoms. The molecule has 0 radical (unpaired) electrons. The van der Waals surface area contributed by atoms with E-state index in [2.05, 4.69) is 38.0 Å². The second-order valence-corrected chi connectivity index (χ2v) is 17.1. The van der Waals surface area contributed by atoms with E-state index >= 15 is 0 Å². The Bertz CT molecular complexity index is 2220. The van der Waals surface area contributed by atoms with Gasteiger partial charge in [-0.05, 0) is 98.3 Å². The molecule has 56 heavy (non-hydrogen) atoms. The van der Waals surface area contributed by atoms with Crippen molar-refractivity contribution in [3.8, 4) is 11.1 Å². The Labute approximate surface area is 337 Å². The first-order valence-corrected chi connectivity index (χ1v) is 21.2. The maximum absolute atomic E-state index is 13.4. The summed E-state index contributed by atoms with van der Waals surface area (Å²) in [5.74, 6) is -0.193. The number of nitro benzene ring substituents is 1. The molecule has 1 fully saturated rings. The minimum atomic E-state index is -4.43. The molecular weight excluding hydrogens is 768 g/mol. The Morgan fingerprint density at radius 3 is 2.23 bits per heavy atom. The molecule has 5 aromatic carbocycles. The molecule has 14 heteroatoms. The zero-order valence-corrected chi connectivity index (χ0v) is 33.7. The largest absolute Gasteiger partial charge is 0.376 e. The normalized spacial score (nSPS) is 14.0. The number of sulfonamides is 1. The number of rotatable bonds is 16. The smallest absolute Gasteiger partial charge is 0.293 e. The number of nitro groups is 1. The second kappa shape index (κ2) is 18.8. The van der Waals surface area contributed by atoms with Crippen LogP contribution in [0.2, 0.25) is 5.02 Å². The van der Waals surface area contributed by atoms with Crippen LogP contribution in [0.4, 0.5) is 17.1 Å². The molecule has 1 saturated heterocycles. The number of halogens is 1. The van der Waals surface area contributed by atoms with Crippen LogP contribution in [0.3, 0.4) is 0 Å². The Hall–Kier alpha value is -4.92. The van der Waals surface area contributed by atoms with Crippen LogP contribution in [0, 0.1) is 10.1 Å². The summed E-state index contributed by atoms with van der Waals surface area (Å²) >= 11 is 8.32. The summed E-state index contributed by atoms with van der Waals surface area (Å²) in [5.41, 5.74) is 4.22. The average molecular weight is 813 g/mol. The number of amides is 1.